The molecule has 0 saturated heterocycles. The minimum Gasteiger partial charge on any atom is -0.382 e. The lowest BCUT2D eigenvalue weighted by Crippen LogP contribution is -2.12. The lowest BCUT2D eigenvalue weighted by Gasteiger charge is -2.09. The number of rotatable bonds is 9. The van der Waals surface area contributed by atoms with Gasteiger partial charge in [-0.15, -0.1) is 0 Å². The van der Waals surface area contributed by atoms with Gasteiger partial charge in [0.05, 0.1) is 11.0 Å². The van der Waals surface area contributed by atoms with E-state index in [0.29, 0.717) is 5.82 Å². The highest BCUT2D eigenvalue weighted by atomic mass is 15.0. The molecule has 0 spiro atoms. The molecule has 0 atom stereocenters. The number of benzene rings is 1. The molecule has 3 aromatic rings. The quantitative estimate of drug-likeness (QED) is 0.562. The van der Waals surface area contributed by atoms with E-state index in [1.54, 1.807) is 0 Å². The Morgan fingerprint density at radius 2 is 1.88 bits per heavy atom. The zero-order valence-corrected chi connectivity index (χ0v) is 16.3. The van der Waals surface area contributed by atoms with Crippen molar-refractivity contribution in [1.29, 1.82) is 0 Å². The molecule has 0 unspecified atom stereocenters. The minimum atomic E-state index is 0.523. The molecule has 3 N–H and O–H groups in total. The number of nitrogen functional groups attached to an aromatic ring is 1. The van der Waals surface area contributed by atoms with Gasteiger partial charge in [-0.1, -0.05) is 31.9 Å². The van der Waals surface area contributed by atoms with Crippen molar-refractivity contribution < 1.29 is 0 Å². The van der Waals surface area contributed by atoms with Crippen molar-refractivity contribution in [3.63, 3.8) is 0 Å². The number of pyridine rings is 1. The Morgan fingerprint density at radius 1 is 1.04 bits per heavy atom. The Morgan fingerprint density at radius 3 is 2.65 bits per heavy atom. The molecule has 140 valence electrons. The molecule has 0 saturated carbocycles. The van der Waals surface area contributed by atoms with E-state index in [2.05, 4.69) is 59.1 Å². The number of nitrogens with one attached hydrogen (secondary N) is 1. The summed E-state index contributed by atoms with van der Waals surface area (Å²) in [6.07, 6.45) is 8.05. The van der Waals surface area contributed by atoms with Crippen LogP contribution in [0.1, 0.15) is 50.4 Å². The van der Waals surface area contributed by atoms with Crippen LogP contribution in [0.25, 0.3) is 21.9 Å². The third-order valence-corrected chi connectivity index (χ3v) is 4.91. The maximum absolute atomic E-state index is 6.18. The molecule has 0 aliphatic carbocycles. The first-order valence-electron chi connectivity index (χ1n) is 9.80. The Kier molecular flexibility index (Phi) is 6.09. The predicted octanol–water partition coefficient (Wildman–Crippen LogP) is 4.31. The van der Waals surface area contributed by atoms with Crippen LogP contribution in [-0.2, 0) is 12.8 Å². The van der Waals surface area contributed by atoms with Crippen LogP contribution >= 0.6 is 0 Å². The molecule has 0 bridgehead atoms. The number of nitrogens with two attached hydrogens (primary N) is 1. The van der Waals surface area contributed by atoms with E-state index in [1.165, 1.54) is 24.8 Å². The second-order valence-electron chi connectivity index (χ2n) is 7.47. The molecule has 5 nitrogen and oxygen atoms in total. The largest absolute Gasteiger partial charge is 0.382 e. The average molecular weight is 354 g/mol. The van der Waals surface area contributed by atoms with Crippen molar-refractivity contribution in [1.82, 2.24) is 19.9 Å². The molecular formula is C21H31N5. The lowest BCUT2D eigenvalue weighted by atomic mass is 10.0. The Balaban J connectivity index is 1.78. The zero-order chi connectivity index (χ0) is 18.5. The number of nitrogens with zero attached hydrogens (tertiary/aromatic N) is 3. The van der Waals surface area contributed by atoms with E-state index >= 15 is 0 Å². The summed E-state index contributed by atoms with van der Waals surface area (Å²) in [6, 6.07) is 6.57. The van der Waals surface area contributed by atoms with Crippen LogP contribution in [0.5, 0.6) is 0 Å². The third kappa shape index (κ3) is 4.33. The van der Waals surface area contributed by atoms with Gasteiger partial charge in [-0.2, -0.15) is 0 Å². The van der Waals surface area contributed by atoms with Crippen molar-refractivity contribution in [2.45, 2.75) is 51.9 Å². The molecule has 0 aliphatic rings. The molecular weight excluding hydrogens is 322 g/mol. The summed E-state index contributed by atoms with van der Waals surface area (Å²) in [6.45, 7) is 3.35. The Hall–Kier alpha value is -2.14. The fourth-order valence-corrected chi connectivity index (χ4v) is 3.42. The van der Waals surface area contributed by atoms with Gasteiger partial charge in [-0.05, 0) is 58.0 Å². The summed E-state index contributed by atoms with van der Waals surface area (Å²) in [5.41, 5.74) is 10.3. The summed E-state index contributed by atoms with van der Waals surface area (Å²) in [7, 11) is 4.26. The van der Waals surface area contributed by atoms with Crippen LogP contribution in [0.3, 0.4) is 0 Å². The molecule has 26 heavy (non-hydrogen) atoms. The number of hydrogen-bond donors (Lipinski definition) is 2. The number of unbranched alkanes of at least 4 members (excludes halogenated alkanes) is 3. The van der Waals surface area contributed by atoms with Crippen LogP contribution in [0.15, 0.2) is 18.2 Å². The van der Waals surface area contributed by atoms with Crippen molar-refractivity contribution in [3.05, 3.63) is 29.6 Å². The molecule has 1 aromatic carbocycles. The van der Waals surface area contributed by atoms with Gasteiger partial charge in [0.1, 0.15) is 11.3 Å². The van der Waals surface area contributed by atoms with Gasteiger partial charge >= 0.3 is 0 Å². The van der Waals surface area contributed by atoms with Crippen LogP contribution < -0.4 is 5.73 Å². The van der Waals surface area contributed by atoms with Crippen molar-refractivity contribution >= 4 is 27.8 Å². The molecule has 2 aromatic heterocycles. The first-order chi connectivity index (χ1) is 12.6. The maximum atomic E-state index is 6.18. The number of anilines is 1. The number of H-pyrrole nitrogens is 1. The molecule has 0 amide bonds. The molecule has 3 rings (SSSR count). The number of fused-ring (bicyclic) bond motifs is 3. The van der Waals surface area contributed by atoms with Crippen LogP contribution in [0.4, 0.5) is 5.82 Å². The van der Waals surface area contributed by atoms with Crippen molar-refractivity contribution in [2.75, 3.05) is 26.4 Å². The molecule has 0 fully saturated rings. The number of imidazole rings is 1. The number of hydrogen-bond acceptors (Lipinski definition) is 4. The highest BCUT2D eigenvalue weighted by Gasteiger charge is 2.12. The average Bonchev–Trinajstić information content (AvgIpc) is 3.04. The fraction of sp³-hybridized carbons (Fsp3) is 0.524. The highest BCUT2D eigenvalue weighted by Crippen LogP contribution is 2.27. The summed E-state index contributed by atoms with van der Waals surface area (Å²) >= 11 is 0. The van der Waals surface area contributed by atoms with E-state index in [0.717, 1.165) is 60.0 Å². The first-order valence-corrected chi connectivity index (χ1v) is 9.80. The SMILES string of the molecule is CCCCc1nc2c(N)nc3cc(CCCCCN(C)C)ccc3c2[nH]1. The van der Waals surface area contributed by atoms with Crippen LogP contribution in [0.2, 0.25) is 0 Å². The Bertz CT molecular complexity index is 866. The van der Waals surface area contributed by atoms with Crippen LogP contribution in [-0.4, -0.2) is 40.5 Å². The van der Waals surface area contributed by atoms with Crippen molar-refractivity contribution in [3.8, 4) is 0 Å². The lowest BCUT2D eigenvalue weighted by molar-refractivity contribution is 0.391. The standard InChI is InChI=1S/C21H31N5/c1-4-5-10-18-24-19-16-12-11-15(9-7-6-8-13-26(2)3)14-17(16)23-21(22)20(19)25-18/h11-12,14H,4-10,13H2,1-3H3,(H2,22,23)(H,24,25). The van der Waals surface area contributed by atoms with Gasteiger partial charge in [0.15, 0.2) is 5.82 Å². The minimum absolute atomic E-state index is 0.523. The third-order valence-electron chi connectivity index (χ3n) is 4.91. The van der Waals surface area contributed by atoms with E-state index in [9.17, 15) is 0 Å². The van der Waals surface area contributed by atoms with Crippen molar-refractivity contribution in [2.24, 2.45) is 0 Å². The number of aryl methyl sites for hydroxylation is 2. The van der Waals surface area contributed by atoms with E-state index < -0.39 is 0 Å². The van der Waals surface area contributed by atoms with E-state index in [4.69, 9.17) is 5.73 Å². The summed E-state index contributed by atoms with van der Waals surface area (Å²) in [5, 5.41) is 1.11. The van der Waals surface area contributed by atoms with E-state index in [1.807, 2.05) is 0 Å². The normalized spacial score (nSPS) is 11.8. The Labute approximate surface area is 156 Å². The van der Waals surface area contributed by atoms with Gasteiger partial charge in [0.25, 0.3) is 0 Å². The number of aromatic amines is 1. The fourth-order valence-electron chi connectivity index (χ4n) is 3.42. The van der Waals surface area contributed by atoms with Gasteiger partial charge in [-0.3, -0.25) is 0 Å². The predicted molar refractivity (Wildman–Crippen MR) is 111 cm³/mol. The van der Waals surface area contributed by atoms with Crippen LogP contribution in [0, 0.1) is 0 Å². The summed E-state index contributed by atoms with van der Waals surface area (Å²) < 4.78 is 0. The smallest absolute Gasteiger partial charge is 0.152 e. The van der Waals surface area contributed by atoms with Gasteiger partial charge in [0.2, 0.25) is 0 Å². The second-order valence-corrected chi connectivity index (χ2v) is 7.47. The molecule has 0 aliphatic heterocycles. The number of aromatic nitrogens is 3. The topological polar surface area (TPSA) is 70.8 Å². The highest BCUT2D eigenvalue weighted by molar-refractivity contribution is 6.06. The van der Waals surface area contributed by atoms with E-state index in [-0.39, 0.29) is 0 Å². The molecule has 5 heteroatoms. The molecule has 2 heterocycles. The summed E-state index contributed by atoms with van der Waals surface area (Å²) in [5.74, 6) is 1.53. The first kappa shape index (κ1) is 18.6. The maximum Gasteiger partial charge on any atom is 0.152 e. The monoisotopic (exact) mass is 353 g/mol. The zero-order valence-electron chi connectivity index (χ0n) is 16.3. The second kappa shape index (κ2) is 8.49. The summed E-state index contributed by atoms with van der Waals surface area (Å²) in [4.78, 5) is 15.0. The van der Waals surface area contributed by atoms with Gasteiger partial charge in [-0.25, -0.2) is 9.97 Å². The molecule has 0 radical (unpaired) electrons. The van der Waals surface area contributed by atoms with Gasteiger partial charge in [0, 0.05) is 11.8 Å². The van der Waals surface area contributed by atoms with Gasteiger partial charge < -0.3 is 15.6 Å².